The fraction of sp³-hybridized carbons (Fsp3) is 0.158. The van der Waals surface area contributed by atoms with Crippen LogP contribution in [0.1, 0.15) is 12.0 Å². The van der Waals surface area contributed by atoms with E-state index in [1.807, 2.05) is 30.3 Å². The Kier molecular flexibility index (Phi) is 4.05. The molecule has 1 aromatic heterocycles. The summed E-state index contributed by atoms with van der Waals surface area (Å²) in [5.41, 5.74) is 3.39. The Morgan fingerprint density at radius 1 is 1.00 bits per heavy atom. The fourth-order valence-corrected chi connectivity index (χ4v) is 3.20. The SMILES string of the molecule is Clc1ccccc1Nc1nccc(N2CCCc3ccccc32)n1. The molecule has 3 aromatic rings. The first kappa shape index (κ1) is 15.0. The van der Waals surface area contributed by atoms with E-state index in [1.165, 1.54) is 11.3 Å². The molecule has 0 spiro atoms. The first-order valence-electron chi connectivity index (χ1n) is 8.01. The number of aromatic nitrogens is 2. The summed E-state index contributed by atoms with van der Waals surface area (Å²) in [6, 6.07) is 18.0. The van der Waals surface area contributed by atoms with Gasteiger partial charge in [0.1, 0.15) is 5.82 Å². The van der Waals surface area contributed by atoms with Crippen molar-refractivity contribution < 1.29 is 0 Å². The summed E-state index contributed by atoms with van der Waals surface area (Å²) < 4.78 is 0. The summed E-state index contributed by atoms with van der Waals surface area (Å²) in [7, 11) is 0. The van der Waals surface area contributed by atoms with Gasteiger partial charge in [0.25, 0.3) is 0 Å². The second-order valence-electron chi connectivity index (χ2n) is 5.73. The average molecular weight is 337 g/mol. The average Bonchev–Trinajstić information content (AvgIpc) is 2.63. The van der Waals surface area contributed by atoms with Crippen LogP contribution in [-0.4, -0.2) is 16.5 Å². The Balaban J connectivity index is 1.65. The van der Waals surface area contributed by atoms with Gasteiger partial charge in [-0.15, -0.1) is 0 Å². The highest BCUT2D eigenvalue weighted by Gasteiger charge is 2.19. The van der Waals surface area contributed by atoms with Crippen LogP contribution in [0.3, 0.4) is 0 Å². The van der Waals surface area contributed by atoms with E-state index < -0.39 is 0 Å². The van der Waals surface area contributed by atoms with Crippen molar-refractivity contribution in [1.29, 1.82) is 0 Å². The molecule has 0 bridgehead atoms. The van der Waals surface area contributed by atoms with Crippen LogP contribution in [0.15, 0.2) is 60.8 Å². The molecule has 2 aromatic carbocycles. The standard InChI is InChI=1S/C19H17ClN4/c20-15-8-2-3-9-16(15)22-19-21-12-11-18(23-19)24-13-5-7-14-6-1-4-10-17(14)24/h1-4,6,8-12H,5,7,13H2,(H,21,22,23). The zero-order valence-electron chi connectivity index (χ0n) is 13.1. The third kappa shape index (κ3) is 2.93. The molecule has 5 heteroatoms. The fourth-order valence-electron chi connectivity index (χ4n) is 3.01. The van der Waals surface area contributed by atoms with E-state index in [4.69, 9.17) is 11.6 Å². The van der Waals surface area contributed by atoms with E-state index in [9.17, 15) is 0 Å². The number of benzene rings is 2. The van der Waals surface area contributed by atoms with Gasteiger partial charge < -0.3 is 10.2 Å². The molecule has 4 nitrogen and oxygen atoms in total. The Labute approximate surface area is 146 Å². The number of fused-ring (bicyclic) bond motifs is 1. The normalized spacial score (nSPS) is 13.5. The number of hydrogen-bond acceptors (Lipinski definition) is 4. The van der Waals surface area contributed by atoms with Gasteiger partial charge in [-0.05, 0) is 42.7 Å². The van der Waals surface area contributed by atoms with Gasteiger partial charge in [-0.3, -0.25) is 0 Å². The predicted molar refractivity (Wildman–Crippen MR) is 98.5 cm³/mol. The van der Waals surface area contributed by atoms with Gasteiger partial charge in [-0.1, -0.05) is 41.9 Å². The molecule has 4 rings (SSSR count). The number of hydrogen-bond donors (Lipinski definition) is 1. The van der Waals surface area contributed by atoms with Gasteiger partial charge in [-0.25, -0.2) is 4.98 Å². The summed E-state index contributed by atoms with van der Waals surface area (Å²) >= 11 is 6.20. The highest BCUT2D eigenvalue weighted by molar-refractivity contribution is 6.33. The highest BCUT2D eigenvalue weighted by Crippen LogP contribution is 2.32. The van der Waals surface area contributed by atoms with Gasteiger partial charge in [0.05, 0.1) is 10.7 Å². The summed E-state index contributed by atoms with van der Waals surface area (Å²) in [4.78, 5) is 11.2. The quantitative estimate of drug-likeness (QED) is 0.734. The second-order valence-corrected chi connectivity index (χ2v) is 6.13. The minimum atomic E-state index is 0.545. The molecular weight excluding hydrogens is 320 g/mol. The zero-order chi connectivity index (χ0) is 16.4. The van der Waals surface area contributed by atoms with Crippen molar-refractivity contribution in [2.24, 2.45) is 0 Å². The second kappa shape index (κ2) is 6.49. The van der Waals surface area contributed by atoms with Gasteiger partial charge in [-0.2, -0.15) is 4.98 Å². The lowest BCUT2D eigenvalue weighted by atomic mass is 10.0. The maximum atomic E-state index is 6.20. The Bertz CT molecular complexity index is 865. The summed E-state index contributed by atoms with van der Waals surface area (Å²) in [5.74, 6) is 1.44. The molecule has 0 fully saturated rings. The van der Waals surface area contributed by atoms with Gasteiger partial charge in [0.15, 0.2) is 0 Å². The number of para-hydroxylation sites is 2. The van der Waals surface area contributed by atoms with E-state index in [0.29, 0.717) is 11.0 Å². The molecule has 0 radical (unpaired) electrons. The maximum Gasteiger partial charge on any atom is 0.229 e. The molecule has 2 heterocycles. The van der Waals surface area contributed by atoms with Crippen molar-refractivity contribution in [3.63, 3.8) is 0 Å². The number of anilines is 4. The Hall–Kier alpha value is -2.59. The van der Waals surface area contributed by atoms with Crippen molar-refractivity contribution in [2.45, 2.75) is 12.8 Å². The number of nitrogens with one attached hydrogen (secondary N) is 1. The van der Waals surface area contributed by atoms with E-state index in [1.54, 1.807) is 6.20 Å². The monoisotopic (exact) mass is 336 g/mol. The lowest BCUT2D eigenvalue weighted by molar-refractivity contribution is 0.759. The molecule has 0 amide bonds. The summed E-state index contributed by atoms with van der Waals surface area (Å²) in [5, 5.41) is 3.84. The van der Waals surface area contributed by atoms with Crippen molar-refractivity contribution in [2.75, 3.05) is 16.8 Å². The minimum absolute atomic E-state index is 0.545. The molecule has 0 atom stereocenters. The highest BCUT2D eigenvalue weighted by atomic mass is 35.5. The number of halogens is 1. The van der Waals surface area contributed by atoms with Gasteiger partial charge in [0.2, 0.25) is 5.95 Å². The first-order chi connectivity index (χ1) is 11.8. The van der Waals surface area contributed by atoms with Crippen molar-refractivity contribution in [1.82, 2.24) is 9.97 Å². The van der Waals surface area contributed by atoms with Gasteiger partial charge in [0, 0.05) is 18.4 Å². The van der Waals surface area contributed by atoms with Crippen LogP contribution < -0.4 is 10.2 Å². The third-order valence-electron chi connectivity index (χ3n) is 4.15. The van der Waals surface area contributed by atoms with E-state index >= 15 is 0 Å². The summed E-state index contributed by atoms with van der Waals surface area (Å²) in [6.07, 6.45) is 4.01. The van der Waals surface area contributed by atoms with E-state index in [0.717, 1.165) is 30.9 Å². The lowest BCUT2D eigenvalue weighted by Crippen LogP contribution is -2.25. The molecule has 1 aliphatic rings. The molecule has 0 unspecified atom stereocenters. The lowest BCUT2D eigenvalue weighted by Gasteiger charge is -2.30. The maximum absolute atomic E-state index is 6.20. The van der Waals surface area contributed by atoms with Crippen LogP contribution in [0.5, 0.6) is 0 Å². The van der Waals surface area contributed by atoms with Crippen molar-refractivity contribution >= 4 is 34.7 Å². The largest absolute Gasteiger partial charge is 0.326 e. The number of rotatable bonds is 3. The smallest absolute Gasteiger partial charge is 0.229 e. The zero-order valence-corrected chi connectivity index (χ0v) is 13.9. The molecule has 0 saturated carbocycles. The molecule has 1 N–H and O–H groups in total. The van der Waals surface area contributed by atoms with Crippen molar-refractivity contribution in [3.8, 4) is 0 Å². The summed E-state index contributed by atoms with van der Waals surface area (Å²) in [6.45, 7) is 0.958. The van der Waals surface area contributed by atoms with Gasteiger partial charge >= 0.3 is 0 Å². The molecular formula is C19H17ClN4. The van der Waals surface area contributed by atoms with Crippen LogP contribution in [-0.2, 0) is 6.42 Å². The van der Waals surface area contributed by atoms with Crippen LogP contribution in [0.2, 0.25) is 5.02 Å². The predicted octanol–water partition coefficient (Wildman–Crippen LogP) is 4.96. The van der Waals surface area contributed by atoms with Crippen LogP contribution >= 0.6 is 11.6 Å². The topological polar surface area (TPSA) is 41.1 Å². The Morgan fingerprint density at radius 2 is 1.83 bits per heavy atom. The number of nitrogens with zero attached hydrogens (tertiary/aromatic N) is 3. The molecule has 24 heavy (non-hydrogen) atoms. The molecule has 0 saturated heterocycles. The third-order valence-corrected chi connectivity index (χ3v) is 4.48. The molecule has 120 valence electrons. The van der Waals surface area contributed by atoms with Crippen molar-refractivity contribution in [3.05, 3.63) is 71.4 Å². The van der Waals surface area contributed by atoms with E-state index in [2.05, 4.69) is 44.5 Å². The van der Waals surface area contributed by atoms with Crippen LogP contribution in [0.25, 0.3) is 0 Å². The molecule has 0 aliphatic carbocycles. The first-order valence-corrected chi connectivity index (χ1v) is 8.39. The molecule has 1 aliphatic heterocycles. The van der Waals surface area contributed by atoms with Crippen LogP contribution in [0.4, 0.5) is 23.1 Å². The van der Waals surface area contributed by atoms with E-state index in [-0.39, 0.29) is 0 Å². The Morgan fingerprint density at radius 3 is 2.75 bits per heavy atom. The minimum Gasteiger partial charge on any atom is -0.326 e. The van der Waals surface area contributed by atoms with Crippen LogP contribution in [0, 0.1) is 0 Å². The number of aryl methyl sites for hydroxylation is 1.